The molecule has 0 bridgehead atoms. The van der Waals surface area contributed by atoms with E-state index in [-0.39, 0.29) is 11.8 Å². The molecule has 2 rings (SSSR count). The summed E-state index contributed by atoms with van der Waals surface area (Å²) in [4.78, 5) is 0. The van der Waals surface area contributed by atoms with Crippen LogP contribution in [0.5, 0.6) is 0 Å². The van der Waals surface area contributed by atoms with Crippen LogP contribution >= 0.6 is 0 Å². The van der Waals surface area contributed by atoms with Crippen LogP contribution in [0.4, 0.5) is 0 Å². The molecule has 17 heavy (non-hydrogen) atoms. The van der Waals surface area contributed by atoms with Gasteiger partial charge in [-0.15, -0.1) is 0 Å². The Morgan fingerprint density at radius 3 is 2.41 bits per heavy atom. The zero-order chi connectivity index (χ0) is 12.3. The summed E-state index contributed by atoms with van der Waals surface area (Å²) in [5, 5.41) is 4.52. The van der Waals surface area contributed by atoms with Crippen molar-refractivity contribution in [2.75, 3.05) is 5.75 Å². The van der Waals surface area contributed by atoms with Crippen LogP contribution in [-0.4, -0.2) is 20.2 Å². The SMILES string of the molecule is CCc1ccc(CNC2C=CS(=O)(=O)C2)cc1. The van der Waals surface area contributed by atoms with Crippen LogP contribution in [0.25, 0.3) is 0 Å². The van der Waals surface area contributed by atoms with Gasteiger partial charge in [0.2, 0.25) is 0 Å². The van der Waals surface area contributed by atoms with Gasteiger partial charge in [-0.25, -0.2) is 8.42 Å². The summed E-state index contributed by atoms with van der Waals surface area (Å²) in [7, 11) is -2.95. The molecule has 1 aliphatic rings. The average molecular weight is 251 g/mol. The van der Waals surface area contributed by atoms with Gasteiger partial charge < -0.3 is 5.32 Å². The molecule has 1 aromatic carbocycles. The summed E-state index contributed by atoms with van der Waals surface area (Å²) in [5.41, 5.74) is 2.50. The number of rotatable bonds is 4. The Labute approximate surface area is 102 Å². The van der Waals surface area contributed by atoms with Crippen LogP contribution < -0.4 is 5.32 Å². The van der Waals surface area contributed by atoms with Crippen LogP contribution in [0.3, 0.4) is 0 Å². The van der Waals surface area contributed by atoms with Crippen molar-refractivity contribution in [3.05, 3.63) is 46.9 Å². The highest BCUT2D eigenvalue weighted by molar-refractivity contribution is 7.94. The summed E-state index contributed by atoms with van der Waals surface area (Å²) in [6, 6.07) is 8.33. The van der Waals surface area contributed by atoms with E-state index in [9.17, 15) is 8.42 Å². The Hall–Kier alpha value is -1.13. The summed E-state index contributed by atoms with van der Waals surface area (Å²) < 4.78 is 22.4. The minimum Gasteiger partial charge on any atom is -0.305 e. The molecule has 0 radical (unpaired) electrons. The highest BCUT2D eigenvalue weighted by atomic mass is 32.2. The van der Waals surface area contributed by atoms with Crippen molar-refractivity contribution in [3.8, 4) is 0 Å². The van der Waals surface area contributed by atoms with E-state index < -0.39 is 9.84 Å². The molecule has 1 aliphatic heterocycles. The van der Waals surface area contributed by atoms with Gasteiger partial charge in [0.05, 0.1) is 5.75 Å². The average Bonchev–Trinajstić information content (AvgIpc) is 2.67. The molecule has 0 amide bonds. The predicted molar refractivity (Wildman–Crippen MR) is 69.4 cm³/mol. The van der Waals surface area contributed by atoms with E-state index in [4.69, 9.17) is 0 Å². The van der Waals surface area contributed by atoms with Gasteiger partial charge in [-0.05, 0) is 17.5 Å². The van der Waals surface area contributed by atoms with E-state index in [1.54, 1.807) is 6.08 Å². The molecule has 0 aromatic heterocycles. The summed E-state index contributed by atoms with van der Waals surface area (Å²) >= 11 is 0. The second kappa shape index (κ2) is 5.02. The number of nitrogens with one attached hydrogen (secondary N) is 1. The van der Waals surface area contributed by atoms with Crippen molar-refractivity contribution in [2.45, 2.75) is 25.9 Å². The molecule has 1 unspecified atom stereocenters. The predicted octanol–water partition coefficient (Wildman–Crippen LogP) is 1.65. The molecule has 3 nitrogen and oxygen atoms in total. The Morgan fingerprint density at radius 2 is 1.88 bits per heavy atom. The van der Waals surface area contributed by atoms with Gasteiger partial charge >= 0.3 is 0 Å². The maximum absolute atomic E-state index is 11.2. The fourth-order valence-corrected chi connectivity index (χ4v) is 3.11. The standard InChI is InChI=1S/C13H17NO2S/c1-2-11-3-5-12(6-4-11)9-14-13-7-8-17(15,16)10-13/h3-8,13-14H,2,9-10H2,1H3. The molecule has 0 saturated carbocycles. The normalized spacial score (nSPS) is 21.8. The van der Waals surface area contributed by atoms with Crippen molar-refractivity contribution in [1.82, 2.24) is 5.32 Å². The van der Waals surface area contributed by atoms with Gasteiger partial charge in [0.1, 0.15) is 0 Å². The van der Waals surface area contributed by atoms with E-state index in [1.165, 1.54) is 16.5 Å². The largest absolute Gasteiger partial charge is 0.305 e. The highest BCUT2D eigenvalue weighted by Crippen LogP contribution is 2.10. The number of sulfone groups is 1. The van der Waals surface area contributed by atoms with Crippen molar-refractivity contribution >= 4 is 9.84 Å². The first-order chi connectivity index (χ1) is 8.09. The first-order valence-corrected chi connectivity index (χ1v) is 7.53. The number of hydrogen-bond acceptors (Lipinski definition) is 3. The molecular weight excluding hydrogens is 234 g/mol. The van der Waals surface area contributed by atoms with Gasteiger partial charge in [-0.2, -0.15) is 0 Å². The van der Waals surface area contributed by atoms with E-state index in [0.717, 1.165) is 6.42 Å². The lowest BCUT2D eigenvalue weighted by Gasteiger charge is -2.10. The molecule has 0 aliphatic carbocycles. The fourth-order valence-electron chi connectivity index (χ4n) is 1.84. The smallest absolute Gasteiger partial charge is 0.173 e. The fraction of sp³-hybridized carbons (Fsp3) is 0.385. The molecule has 1 aromatic rings. The summed E-state index contributed by atoms with van der Waals surface area (Å²) in [6.45, 7) is 2.83. The number of aryl methyl sites for hydroxylation is 1. The number of hydrogen-bond donors (Lipinski definition) is 1. The highest BCUT2D eigenvalue weighted by Gasteiger charge is 2.20. The Balaban J connectivity index is 1.88. The molecule has 4 heteroatoms. The van der Waals surface area contributed by atoms with Crippen LogP contribution in [0.15, 0.2) is 35.7 Å². The molecular formula is C13H17NO2S. The number of benzene rings is 1. The van der Waals surface area contributed by atoms with E-state index in [2.05, 4.69) is 36.5 Å². The van der Waals surface area contributed by atoms with E-state index >= 15 is 0 Å². The maximum atomic E-state index is 11.2. The molecule has 1 atom stereocenters. The molecule has 0 spiro atoms. The second-order valence-electron chi connectivity index (χ2n) is 4.32. The van der Waals surface area contributed by atoms with Crippen LogP contribution in [0.2, 0.25) is 0 Å². The van der Waals surface area contributed by atoms with Gasteiger partial charge in [0.15, 0.2) is 9.84 Å². The van der Waals surface area contributed by atoms with Crippen molar-refractivity contribution in [2.24, 2.45) is 0 Å². The zero-order valence-electron chi connectivity index (χ0n) is 9.89. The van der Waals surface area contributed by atoms with Gasteiger partial charge in [0, 0.05) is 18.0 Å². The van der Waals surface area contributed by atoms with Crippen molar-refractivity contribution in [1.29, 1.82) is 0 Å². The summed E-state index contributed by atoms with van der Waals surface area (Å²) in [5.74, 6) is 0.181. The second-order valence-corrected chi connectivity index (χ2v) is 6.25. The quantitative estimate of drug-likeness (QED) is 0.885. The molecule has 1 N–H and O–H groups in total. The molecule has 0 fully saturated rings. The minimum absolute atomic E-state index is 0.0501. The first-order valence-electron chi connectivity index (χ1n) is 5.81. The summed E-state index contributed by atoms with van der Waals surface area (Å²) in [6.07, 6.45) is 2.76. The first kappa shape index (κ1) is 12.3. The molecule has 0 saturated heterocycles. The lowest BCUT2D eigenvalue weighted by molar-refractivity contribution is 0.590. The van der Waals surface area contributed by atoms with Crippen LogP contribution in [-0.2, 0) is 22.8 Å². The van der Waals surface area contributed by atoms with Crippen LogP contribution in [0.1, 0.15) is 18.1 Å². The minimum atomic E-state index is -2.95. The Kier molecular flexibility index (Phi) is 3.64. The lowest BCUT2D eigenvalue weighted by Crippen LogP contribution is -2.29. The monoisotopic (exact) mass is 251 g/mol. The van der Waals surface area contributed by atoms with Crippen molar-refractivity contribution < 1.29 is 8.42 Å². The zero-order valence-corrected chi connectivity index (χ0v) is 10.7. The Morgan fingerprint density at radius 1 is 1.24 bits per heavy atom. The van der Waals surface area contributed by atoms with Gasteiger partial charge in [0.25, 0.3) is 0 Å². The third-order valence-electron chi connectivity index (χ3n) is 2.93. The third kappa shape index (κ3) is 3.41. The van der Waals surface area contributed by atoms with E-state index in [0.29, 0.717) is 6.54 Å². The molecule has 1 heterocycles. The van der Waals surface area contributed by atoms with Crippen molar-refractivity contribution in [3.63, 3.8) is 0 Å². The molecule has 92 valence electrons. The van der Waals surface area contributed by atoms with Crippen LogP contribution in [0, 0.1) is 0 Å². The Bertz CT molecular complexity index is 503. The van der Waals surface area contributed by atoms with Gasteiger partial charge in [-0.1, -0.05) is 37.3 Å². The maximum Gasteiger partial charge on any atom is 0.173 e. The lowest BCUT2D eigenvalue weighted by atomic mass is 10.1. The topological polar surface area (TPSA) is 46.2 Å². The van der Waals surface area contributed by atoms with Gasteiger partial charge in [-0.3, -0.25) is 0 Å². The van der Waals surface area contributed by atoms with E-state index in [1.807, 2.05) is 0 Å². The third-order valence-corrected chi connectivity index (χ3v) is 4.33.